The fraction of sp³-hybridized carbons (Fsp3) is 0.744. The van der Waals surface area contributed by atoms with Crippen LogP contribution in [0, 0.1) is 51.2 Å². The van der Waals surface area contributed by atoms with Gasteiger partial charge < -0.3 is 10.4 Å². The van der Waals surface area contributed by atoms with E-state index in [1.807, 2.05) is 12.1 Å². The van der Waals surface area contributed by atoms with Crippen LogP contribution in [0.25, 0.3) is 5.57 Å². The molecule has 6 nitrogen and oxygen atoms in total. The van der Waals surface area contributed by atoms with Crippen molar-refractivity contribution in [1.29, 1.82) is 0 Å². The Kier molecular flexibility index (Phi) is 8.08. The van der Waals surface area contributed by atoms with Crippen LogP contribution in [0.2, 0.25) is 0 Å². The van der Waals surface area contributed by atoms with E-state index in [0.29, 0.717) is 40.9 Å². The normalized spacial score (nSPS) is 45.6. The number of sulfone groups is 1. The summed E-state index contributed by atoms with van der Waals surface area (Å²) < 4.78 is 24.8. The molecule has 4 saturated carbocycles. The minimum Gasteiger partial charge on any atom is -0.478 e. The summed E-state index contributed by atoms with van der Waals surface area (Å²) in [4.78, 5) is 14.0. The molecule has 2 saturated heterocycles. The van der Waals surface area contributed by atoms with Crippen molar-refractivity contribution >= 4 is 21.4 Å². The predicted molar refractivity (Wildman–Crippen MR) is 202 cm³/mol. The number of fused-ring (bicyclic) bond motifs is 9. The molecule has 6 fully saturated rings. The van der Waals surface area contributed by atoms with Gasteiger partial charge in [-0.05, 0) is 146 Å². The molecule has 0 radical (unpaired) electrons. The molecule has 0 unspecified atom stereocenters. The lowest BCUT2D eigenvalue weighted by Gasteiger charge is -2.72. The van der Waals surface area contributed by atoms with Crippen LogP contribution >= 0.6 is 0 Å². The first-order chi connectivity index (χ1) is 23.5. The van der Waals surface area contributed by atoms with Crippen molar-refractivity contribution in [2.24, 2.45) is 51.2 Å². The average molecular weight is 703 g/mol. The number of nitrogens with zero attached hydrogens (tertiary/aromatic N) is 1. The number of carboxylic acid groups (broad SMARTS) is 1. The Balaban J connectivity index is 1.05. The van der Waals surface area contributed by atoms with Gasteiger partial charge in [-0.15, -0.1) is 0 Å². The van der Waals surface area contributed by atoms with E-state index >= 15 is 0 Å². The number of nitrogens with one attached hydrogen (secondary N) is 1. The molecule has 0 amide bonds. The van der Waals surface area contributed by atoms with Crippen molar-refractivity contribution in [2.75, 3.05) is 25.4 Å². The summed E-state index contributed by atoms with van der Waals surface area (Å²) in [7, 11) is -2.86. The third-order valence-electron chi connectivity index (χ3n) is 17.4. The maximum Gasteiger partial charge on any atom is 0.335 e. The summed E-state index contributed by atoms with van der Waals surface area (Å²) >= 11 is 0. The average Bonchev–Trinajstić information content (AvgIpc) is 3.72. The van der Waals surface area contributed by atoms with Crippen molar-refractivity contribution in [2.45, 2.75) is 123 Å². The van der Waals surface area contributed by atoms with Crippen molar-refractivity contribution in [3.63, 3.8) is 0 Å². The number of benzene rings is 1. The largest absolute Gasteiger partial charge is 0.478 e. The monoisotopic (exact) mass is 702 g/mol. The second kappa shape index (κ2) is 11.5. The third kappa shape index (κ3) is 4.83. The van der Waals surface area contributed by atoms with E-state index in [-0.39, 0.29) is 38.5 Å². The Morgan fingerprint density at radius 2 is 1.70 bits per heavy atom. The van der Waals surface area contributed by atoms with E-state index in [4.69, 9.17) is 0 Å². The molecule has 274 valence electrons. The number of hydrogen-bond donors (Lipinski definition) is 2. The standard InChI is InChI=1S/C43H62N2O4S/c1-27(2)32-14-19-43(44-22-23-45-25-31-24-30(45)26-50(31,48)49)21-20-41(6)34(37(32)43)12-13-36-40(5)17-15-33(28-8-10-29(11-9-28)38(46)47)39(3,4)35(40)16-18-42(36,41)7/h8-11,15,30-32,34-37,44H,1,12-14,16-26H2,2-7H3,(H,46,47)/t30-,31-,32+,34-,35+,36-,37-,40+,41-,42-,43+/m1/s1. The quantitative estimate of drug-likeness (QED) is 0.279. The van der Waals surface area contributed by atoms with Gasteiger partial charge >= 0.3 is 5.97 Å². The van der Waals surface area contributed by atoms with Crippen LogP contribution < -0.4 is 5.32 Å². The van der Waals surface area contributed by atoms with E-state index in [9.17, 15) is 18.3 Å². The van der Waals surface area contributed by atoms with Gasteiger partial charge in [0.2, 0.25) is 0 Å². The van der Waals surface area contributed by atoms with Crippen LogP contribution in [0.1, 0.15) is 122 Å². The Labute approximate surface area is 301 Å². The number of carboxylic acids is 1. The highest BCUT2D eigenvalue weighted by Gasteiger charge is 2.70. The van der Waals surface area contributed by atoms with Crippen LogP contribution in [-0.4, -0.2) is 66.6 Å². The first-order valence-electron chi connectivity index (χ1n) is 19.9. The minimum absolute atomic E-state index is 0.0119. The van der Waals surface area contributed by atoms with Gasteiger partial charge in [-0.1, -0.05) is 65.0 Å². The summed E-state index contributed by atoms with van der Waals surface area (Å²) in [5.74, 6) is 2.61. The van der Waals surface area contributed by atoms with Crippen molar-refractivity contribution in [3.8, 4) is 0 Å². The van der Waals surface area contributed by atoms with E-state index in [1.165, 1.54) is 68.1 Å². The van der Waals surface area contributed by atoms with Crippen LogP contribution in [0.3, 0.4) is 0 Å². The summed E-state index contributed by atoms with van der Waals surface area (Å²) in [5.41, 5.74) is 5.25. The van der Waals surface area contributed by atoms with E-state index < -0.39 is 15.8 Å². The first-order valence-corrected chi connectivity index (χ1v) is 21.6. The van der Waals surface area contributed by atoms with Crippen LogP contribution in [0.15, 0.2) is 42.5 Å². The molecule has 2 heterocycles. The van der Waals surface area contributed by atoms with Crippen molar-refractivity contribution < 1.29 is 18.3 Å². The van der Waals surface area contributed by atoms with Gasteiger partial charge in [0.1, 0.15) is 0 Å². The van der Waals surface area contributed by atoms with Gasteiger partial charge in [0.25, 0.3) is 0 Å². The third-order valence-corrected chi connectivity index (χ3v) is 19.6. The minimum atomic E-state index is -2.86. The maximum atomic E-state index is 12.4. The summed E-state index contributed by atoms with van der Waals surface area (Å²) in [5, 5.41) is 13.6. The van der Waals surface area contributed by atoms with E-state index in [0.717, 1.165) is 32.5 Å². The molecule has 1 aromatic rings. The molecule has 8 rings (SSSR count). The number of carbonyl (C=O) groups is 1. The van der Waals surface area contributed by atoms with Crippen LogP contribution in [0.4, 0.5) is 0 Å². The fourth-order valence-corrected chi connectivity index (χ4v) is 16.9. The van der Waals surface area contributed by atoms with Crippen molar-refractivity contribution in [3.05, 3.63) is 53.6 Å². The fourth-order valence-electron chi connectivity index (χ4n) is 14.8. The Hall–Kier alpha value is -1.96. The lowest BCUT2D eigenvalue weighted by atomic mass is 9.33. The number of aromatic carboxylic acids is 1. The van der Waals surface area contributed by atoms with Gasteiger partial charge in [0.05, 0.1) is 16.6 Å². The number of rotatable bonds is 7. The van der Waals surface area contributed by atoms with E-state index in [1.54, 1.807) is 12.1 Å². The molecule has 5 aliphatic carbocycles. The zero-order valence-corrected chi connectivity index (χ0v) is 32.4. The zero-order chi connectivity index (χ0) is 35.6. The summed E-state index contributed by atoms with van der Waals surface area (Å²) in [6, 6.07) is 7.82. The molecule has 2 N–H and O–H groups in total. The van der Waals surface area contributed by atoms with Crippen molar-refractivity contribution in [1.82, 2.24) is 10.2 Å². The SMILES string of the molecule is C=C(C)[C@@H]1CC[C@]2(NCCN3C[C@H]4C[C@@H]3CS4(=O)=O)CC[C@]3(C)[C@H](CC[C@@H]4[C@@]5(C)CC=C(c6ccc(C(=O)O)cc6)C(C)(C)[C@@H]5CC[C@]43C)[C@@H]12. The lowest BCUT2D eigenvalue weighted by molar-refractivity contribution is -0.219. The number of allylic oxidation sites excluding steroid dienone is 3. The molecular weight excluding hydrogens is 641 g/mol. The van der Waals surface area contributed by atoms with Gasteiger partial charge in [-0.2, -0.15) is 0 Å². The summed E-state index contributed by atoms with van der Waals surface area (Å²) in [6.07, 6.45) is 14.6. The van der Waals surface area contributed by atoms with Gasteiger partial charge in [0, 0.05) is 31.2 Å². The van der Waals surface area contributed by atoms with E-state index in [2.05, 4.69) is 64.4 Å². The van der Waals surface area contributed by atoms with Crippen LogP contribution in [0.5, 0.6) is 0 Å². The molecule has 2 bridgehead atoms. The molecule has 7 heteroatoms. The second-order valence-electron chi connectivity index (χ2n) is 19.5. The maximum absolute atomic E-state index is 12.4. The smallest absolute Gasteiger partial charge is 0.335 e. The lowest BCUT2D eigenvalue weighted by Crippen LogP contribution is -2.68. The number of hydrogen-bond acceptors (Lipinski definition) is 5. The predicted octanol–water partition coefficient (Wildman–Crippen LogP) is 8.25. The topological polar surface area (TPSA) is 86.7 Å². The molecule has 11 atom stereocenters. The van der Waals surface area contributed by atoms with Gasteiger partial charge in [-0.25, -0.2) is 13.2 Å². The molecule has 1 aromatic carbocycles. The number of likely N-dealkylation sites (tertiary alicyclic amines) is 1. The Morgan fingerprint density at radius 1 is 0.960 bits per heavy atom. The molecule has 50 heavy (non-hydrogen) atoms. The molecule has 0 spiro atoms. The molecule has 0 aromatic heterocycles. The highest BCUT2D eigenvalue weighted by atomic mass is 32.2. The first kappa shape index (κ1) is 35.1. The highest BCUT2D eigenvalue weighted by Crippen LogP contribution is 2.76. The highest BCUT2D eigenvalue weighted by molar-refractivity contribution is 7.92. The molecule has 7 aliphatic rings. The summed E-state index contributed by atoms with van der Waals surface area (Å²) in [6.45, 7) is 22.5. The zero-order valence-electron chi connectivity index (χ0n) is 31.6. The van der Waals surface area contributed by atoms with Gasteiger partial charge in [0.15, 0.2) is 9.84 Å². The molecular formula is C43H62N2O4S. The second-order valence-corrected chi connectivity index (χ2v) is 21.9. The van der Waals surface area contributed by atoms with Crippen LogP contribution in [-0.2, 0) is 9.84 Å². The van der Waals surface area contributed by atoms with Gasteiger partial charge in [-0.3, -0.25) is 4.90 Å². The molecule has 2 aliphatic heterocycles. The Bertz CT molecular complexity index is 1720. The Morgan fingerprint density at radius 3 is 2.34 bits per heavy atom.